The second-order valence-corrected chi connectivity index (χ2v) is 9.29. The largest absolute Gasteiger partial charge is 0.422 e. The molecule has 0 unspecified atom stereocenters. The van der Waals surface area contributed by atoms with Crippen LogP contribution in [0.2, 0.25) is 0 Å². The number of para-hydroxylation sites is 1. The molecule has 6 heteroatoms. The number of carbonyl (C=O) groups excluding carboxylic acids is 1. The Labute approximate surface area is 188 Å². The molecule has 0 saturated carbocycles. The maximum atomic E-state index is 12.9. The van der Waals surface area contributed by atoms with Gasteiger partial charge in [0.05, 0.1) is 11.1 Å². The number of benzene rings is 2. The van der Waals surface area contributed by atoms with Crippen molar-refractivity contribution >= 4 is 33.2 Å². The number of nitrogens with zero attached hydrogens (tertiary/aromatic N) is 1. The Morgan fingerprint density at radius 2 is 1.97 bits per heavy atom. The molecule has 158 valence electrons. The summed E-state index contributed by atoms with van der Waals surface area (Å²) in [5.41, 5.74) is 3.39. The predicted molar refractivity (Wildman–Crippen MR) is 126 cm³/mol. The molecule has 1 N–H and O–H groups in total. The van der Waals surface area contributed by atoms with E-state index in [1.54, 1.807) is 36.4 Å². The molecular weight excluding hydrogens is 420 g/mol. The van der Waals surface area contributed by atoms with Gasteiger partial charge in [-0.3, -0.25) is 4.79 Å². The number of fused-ring (bicyclic) bond motifs is 2. The summed E-state index contributed by atoms with van der Waals surface area (Å²) < 4.78 is 5.41. The summed E-state index contributed by atoms with van der Waals surface area (Å²) >= 11 is 1.51. The van der Waals surface area contributed by atoms with Crippen LogP contribution in [0.1, 0.15) is 39.7 Å². The van der Waals surface area contributed by atoms with E-state index in [4.69, 9.17) is 4.42 Å². The van der Waals surface area contributed by atoms with E-state index in [1.807, 2.05) is 18.2 Å². The highest BCUT2D eigenvalue weighted by molar-refractivity contribution is 7.16. The second kappa shape index (κ2) is 8.10. The minimum Gasteiger partial charge on any atom is -0.422 e. The first-order valence-corrected chi connectivity index (χ1v) is 11.3. The molecule has 2 aromatic heterocycles. The minimum absolute atomic E-state index is 0.273. The van der Waals surface area contributed by atoms with Gasteiger partial charge < -0.3 is 9.73 Å². The summed E-state index contributed by atoms with van der Waals surface area (Å²) in [6, 6.07) is 18.3. The van der Waals surface area contributed by atoms with Gasteiger partial charge >= 0.3 is 5.63 Å². The zero-order valence-corrected chi connectivity index (χ0v) is 18.3. The van der Waals surface area contributed by atoms with Gasteiger partial charge in [-0.2, -0.15) is 5.26 Å². The van der Waals surface area contributed by atoms with Gasteiger partial charge in [-0.25, -0.2) is 4.79 Å². The van der Waals surface area contributed by atoms with E-state index in [9.17, 15) is 14.9 Å². The van der Waals surface area contributed by atoms with E-state index in [-0.39, 0.29) is 5.91 Å². The highest BCUT2D eigenvalue weighted by Crippen LogP contribution is 2.39. The molecule has 4 aromatic rings. The van der Waals surface area contributed by atoms with Crippen molar-refractivity contribution in [2.45, 2.75) is 26.2 Å². The Morgan fingerprint density at radius 3 is 2.75 bits per heavy atom. The van der Waals surface area contributed by atoms with Gasteiger partial charge in [0.1, 0.15) is 16.7 Å². The van der Waals surface area contributed by atoms with Gasteiger partial charge in [0.2, 0.25) is 0 Å². The Morgan fingerprint density at radius 1 is 1.19 bits per heavy atom. The molecule has 1 aliphatic rings. The average molecular weight is 441 g/mol. The number of nitriles is 1. The van der Waals surface area contributed by atoms with Crippen molar-refractivity contribution in [3.05, 3.63) is 86.6 Å². The molecular formula is C26H20N2O3S. The van der Waals surface area contributed by atoms with E-state index in [0.717, 1.165) is 30.2 Å². The third kappa shape index (κ3) is 3.61. The number of hydrogen-bond acceptors (Lipinski definition) is 5. The summed E-state index contributed by atoms with van der Waals surface area (Å²) in [6.07, 6.45) is 2.90. The number of anilines is 1. The molecule has 2 aromatic carbocycles. The first kappa shape index (κ1) is 20.2. The lowest BCUT2D eigenvalue weighted by Crippen LogP contribution is -2.12. The smallest absolute Gasteiger partial charge is 0.344 e. The van der Waals surface area contributed by atoms with Crippen molar-refractivity contribution in [1.82, 2.24) is 0 Å². The van der Waals surface area contributed by atoms with Gasteiger partial charge in [0, 0.05) is 15.8 Å². The maximum Gasteiger partial charge on any atom is 0.344 e. The molecule has 2 heterocycles. The molecule has 0 fully saturated rings. The van der Waals surface area contributed by atoms with Crippen LogP contribution in [0.3, 0.4) is 0 Å². The number of amides is 1. The van der Waals surface area contributed by atoms with Crippen LogP contribution in [0.4, 0.5) is 5.00 Å². The first-order chi connectivity index (χ1) is 15.5. The third-order valence-corrected chi connectivity index (χ3v) is 7.12. The fourth-order valence-corrected chi connectivity index (χ4v) is 5.55. The van der Waals surface area contributed by atoms with Crippen LogP contribution in [0.5, 0.6) is 0 Å². The number of thiophene rings is 1. The lowest BCUT2D eigenvalue weighted by Gasteiger charge is -2.17. The van der Waals surface area contributed by atoms with Crippen LogP contribution in [-0.4, -0.2) is 5.91 Å². The zero-order valence-electron chi connectivity index (χ0n) is 17.5. The van der Waals surface area contributed by atoms with E-state index in [0.29, 0.717) is 38.8 Å². The molecule has 5 nitrogen and oxygen atoms in total. The summed E-state index contributed by atoms with van der Waals surface area (Å²) in [4.78, 5) is 26.5. The van der Waals surface area contributed by atoms with Crippen LogP contribution in [0, 0.1) is 17.2 Å². The molecule has 0 aliphatic heterocycles. The normalized spacial score (nSPS) is 15.2. The van der Waals surface area contributed by atoms with Gasteiger partial charge in [0.15, 0.2) is 0 Å². The molecule has 1 amide bonds. The van der Waals surface area contributed by atoms with Crippen molar-refractivity contribution < 1.29 is 9.21 Å². The van der Waals surface area contributed by atoms with Crippen molar-refractivity contribution in [3.8, 4) is 17.2 Å². The lowest BCUT2D eigenvalue weighted by atomic mass is 9.88. The van der Waals surface area contributed by atoms with Crippen molar-refractivity contribution in [2.24, 2.45) is 5.92 Å². The fourth-order valence-electron chi connectivity index (χ4n) is 4.20. The number of hydrogen-bond donors (Lipinski definition) is 1. The van der Waals surface area contributed by atoms with Gasteiger partial charge in [-0.05, 0) is 60.6 Å². The highest BCUT2D eigenvalue weighted by Gasteiger charge is 2.25. The minimum atomic E-state index is -0.419. The molecule has 1 aliphatic carbocycles. The Balaban J connectivity index is 1.41. The van der Waals surface area contributed by atoms with Crippen LogP contribution >= 0.6 is 11.3 Å². The van der Waals surface area contributed by atoms with Crippen LogP contribution in [0.15, 0.2) is 63.8 Å². The van der Waals surface area contributed by atoms with E-state index in [1.165, 1.54) is 16.2 Å². The zero-order chi connectivity index (χ0) is 22.2. The molecule has 0 spiro atoms. The van der Waals surface area contributed by atoms with Crippen LogP contribution in [-0.2, 0) is 12.8 Å². The van der Waals surface area contributed by atoms with E-state index in [2.05, 4.69) is 18.3 Å². The monoisotopic (exact) mass is 440 g/mol. The van der Waals surface area contributed by atoms with Gasteiger partial charge in [-0.15, -0.1) is 11.3 Å². The van der Waals surface area contributed by atoms with Crippen molar-refractivity contribution in [1.29, 1.82) is 5.26 Å². The number of rotatable bonds is 3. The number of carbonyl (C=O) groups is 1. The summed E-state index contributed by atoms with van der Waals surface area (Å²) in [7, 11) is 0. The second-order valence-electron chi connectivity index (χ2n) is 8.18. The molecule has 0 radical (unpaired) electrons. The molecule has 0 bridgehead atoms. The quantitative estimate of drug-likeness (QED) is 0.410. The van der Waals surface area contributed by atoms with Gasteiger partial charge in [0.25, 0.3) is 5.91 Å². The average Bonchev–Trinajstić information content (AvgIpc) is 3.14. The Hall–Kier alpha value is -3.69. The third-order valence-electron chi connectivity index (χ3n) is 5.95. The molecule has 0 saturated heterocycles. The maximum absolute atomic E-state index is 12.9. The molecule has 5 rings (SSSR count). The standard InChI is InChI=1S/C26H20N2O3S/c1-15-6-11-19-21(14-27)25(32-23(19)12-15)28-24(29)17-9-7-16(8-10-17)20-13-18-4-2-3-5-22(18)31-26(20)30/h2-5,7-10,13,15H,6,11-12H2,1H3,(H,28,29)/t15-/m1/s1. The lowest BCUT2D eigenvalue weighted by molar-refractivity contribution is 0.102. The SMILES string of the molecule is C[C@@H]1CCc2c(sc(NC(=O)c3ccc(-c4cc5ccccc5oc4=O)cc3)c2C#N)C1. The molecule has 32 heavy (non-hydrogen) atoms. The van der Waals surface area contributed by atoms with Crippen molar-refractivity contribution in [3.63, 3.8) is 0 Å². The topological polar surface area (TPSA) is 83.1 Å². The van der Waals surface area contributed by atoms with E-state index >= 15 is 0 Å². The summed E-state index contributed by atoms with van der Waals surface area (Å²) in [6.45, 7) is 2.21. The van der Waals surface area contributed by atoms with Gasteiger partial charge in [-0.1, -0.05) is 37.3 Å². The summed E-state index contributed by atoms with van der Waals surface area (Å²) in [5.74, 6) is 0.321. The Kier molecular flexibility index (Phi) is 5.12. The highest BCUT2D eigenvalue weighted by atomic mass is 32.1. The molecule has 1 atom stereocenters. The predicted octanol–water partition coefficient (Wildman–Crippen LogP) is 5.77. The summed E-state index contributed by atoms with van der Waals surface area (Å²) in [5, 5.41) is 14.0. The first-order valence-electron chi connectivity index (χ1n) is 10.5. The van der Waals surface area contributed by atoms with Crippen molar-refractivity contribution in [2.75, 3.05) is 5.32 Å². The fraction of sp³-hybridized carbons (Fsp3) is 0.192. The van der Waals surface area contributed by atoms with Crippen LogP contribution < -0.4 is 10.9 Å². The number of nitrogens with one attached hydrogen (secondary N) is 1. The van der Waals surface area contributed by atoms with E-state index < -0.39 is 5.63 Å². The Bertz CT molecular complexity index is 1440. The van der Waals surface area contributed by atoms with Crippen LogP contribution in [0.25, 0.3) is 22.1 Å².